The van der Waals surface area contributed by atoms with Gasteiger partial charge in [-0.2, -0.15) is 5.10 Å². The third-order valence-electron chi connectivity index (χ3n) is 4.90. The van der Waals surface area contributed by atoms with Gasteiger partial charge in [0.05, 0.1) is 11.5 Å². The van der Waals surface area contributed by atoms with Gasteiger partial charge in [-0.1, -0.05) is 83.5 Å². The second kappa shape index (κ2) is 10.5. The first-order valence-electron chi connectivity index (χ1n) is 10.3. The van der Waals surface area contributed by atoms with Crippen molar-refractivity contribution in [2.24, 2.45) is 5.10 Å². The second-order valence-electron chi connectivity index (χ2n) is 7.37. The number of carbonyl (C=O) groups is 1. The Balaban J connectivity index is 1.51. The van der Waals surface area contributed by atoms with E-state index >= 15 is 0 Å². The Hall–Kier alpha value is -3.42. The standard InChI is InChI=1S/C25H22ClN5OS/c1-17-8-14-22(15-9-17)31-24(20-6-4-3-5-7-20)29-30-25(31)33-16-23(32)28-27-18(2)19-10-12-21(26)13-11-19/h3-15H,16H2,1-2H3,(H,28,32)/b27-18+. The summed E-state index contributed by atoms with van der Waals surface area (Å²) in [6.07, 6.45) is 0. The Morgan fingerprint density at radius 3 is 2.39 bits per heavy atom. The molecular weight excluding hydrogens is 454 g/mol. The summed E-state index contributed by atoms with van der Waals surface area (Å²) in [6, 6.07) is 25.3. The number of carbonyl (C=O) groups excluding carboxylic acids is 1. The van der Waals surface area contributed by atoms with Crippen LogP contribution in [0.1, 0.15) is 18.1 Å². The van der Waals surface area contributed by atoms with Crippen molar-refractivity contribution >= 4 is 35.0 Å². The van der Waals surface area contributed by atoms with Gasteiger partial charge in [0.15, 0.2) is 11.0 Å². The summed E-state index contributed by atoms with van der Waals surface area (Å²) in [6.45, 7) is 3.87. The van der Waals surface area contributed by atoms with Gasteiger partial charge in [0.2, 0.25) is 0 Å². The first kappa shape index (κ1) is 22.8. The number of hydrogen-bond acceptors (Lipinski definition) is 5. The van der Waals surface area contributed by atoms with Crippen molar-refractivity contribution in [2.45, 2.75) is 19.0 Å². The molecule has 0 fully saturated rings. The Morgan fingerprint density at radius 2 is 1.70 bits per heavy atom. The lowest BCUT2D eigenvalue weighted by molar-refractivity contribution is -0.118. The third kappa shape index (κ3) is 5.69. The SMILES string of the molecule is C/C(=N\NC(=O)CSc1nnc(-c2ccccc2)n1-c1ccc(C)cc1)c1ccc(Cl)cc1. The van der Waals surface area contributed by atoms with E-state index in [1.54, 1.807) is 12.1 Å². The van der Waals surface area contributed by atoms with Crippen LogP contribution in [0, 0.1) is 6.92 Å². The molecule has 0 saturated carbocycles. The molecule has 0 aliphatic rings. The third-order valence-corrected chi connectivity index (χ3v) is 6.08. The number of halogens is 1. The number of benzene rings is 3. The molecule has 1 heterocycles. The lowest BCUT2D eigenvalue weighted by Gasteiger charge is -2.10. The molecule has 8 heteroatoms. The summed E-state index contributed by atoms with van der Waals surface area (Å²) in [4.78, 5) is 12.5. The van der Waals surface area contributed by atoms with Gasteiger partial charge in [0.1, 0.15) is 0 Å². The zero-order valence-corrected chi connectivity index (χ0v) is 19.8. The Kier molecular flexibility index (Phi) is 7.22. The second-order valence-corrected chi connectivity index (χ2v) is 8.75. The molecule has 4 rings (SSSR count). The van der Waals surface area contributed by atoms with Crippen LogP contribution < -0.4 is 5.43 Å². The van der Waals surface area contributed by atoms with Crippen molar-refractivity contribution < 1.29 is 4.79 Å². The van der Waals surface area contributed by atoms with Gasteiger partial charge >= 0.3 is 0 Å². The van der Waals surface area contributed by atoms with Crippen LogP contribution in [0.4, 0.5) is 0 Å². The normalized spacial score (nSPS) is 11.4. The molecule has 0 bridgehead atoms. The molecule has 6 nitrogen and oxygen atoms in total. The highest BCUT2D eigenvalue weighted by Gasteiger charge is 2.17. The molecule has 33 heavy (non-hydrogen) atoms. The summed E-state index contributed by atoms with van der Waals surface area (Å²) >= 11 is 7.23. The molecule has 1 aromatic heterocycles. The molecule has 0 saturated heterocycles. The van der Waals surface area contributed by atoms with Crippen LogP contribution in [0.5, 0.6) is 0 Å². The maximum atomic E-state index is 12.5. The van der Waals surface area contributed by atoms with E-state index in [0.717, 1.165) is 28.2 Å². The molecule has 0 atom stereocenters. The van der Waals surface area contributed by atoms with E-state index < -0.39 is 0 Å². The quantitative estimate of drug-likeness (QED) is 0.217. The number of aromatic nitrogens is 3. The van der Waals surface area contributed by atoms with Crippen molar-refractivity contribution in [1.82, 2.24) is 20.2 Å². The molecule has 3 aromatic carbocycles. The van der Waals surface area contributed by atoms with Crippen LogP contribution in [-0.4, -0.2) is 32.1 Å². The molecular formula is C25H22ClN5OS. The maximum Gasteiger partial charge on any atom is 0.250 e. The van der Waals surface area contributed by atoms with Gasteiger partial charge in [-0.05, 0) is 43.7 Å². The summed E-state index contributed by atoms with van der Waals surface area (Å²) < 4.78 is 1.97. The zero-order chi connectivity index (χ0) is 23.2. The first-order valence-corrected chi connectivity index (χ1v) is 11.7. The maximum absolute atomic E-state index is 12.5. The number of nitrogens with one attached hydrogen (secondary N) is 1. The van der Waals surface area contributed by atoms with Crippen molar-refractivity contribution in [3.63, 3.8) is 0 Å². The number of thioether (sulfide) groups is 1. The lowest BCUT2D eigenvalue weighted by atomic mass is 10.1. The highest BCUT2D eigenvalue weighted by Crippen LogP contribution is 2.28. The van der Waals surface area contributed by atoms with Crippen molar-refractivity contribution in [2.75, 3.05) is 5.75 Å². The van der Waals surface area contributed by atoms with Crippen LogP contribution in [0.2, 0.25) is 5.02 Å². The molecule has 1 N–H and O–H groups in total. The predicted octanol–water partition coefficient (Wildman–Crippen LogP) is 5.53. The first-order chi connectivity index (χ1) is 16.0. The van der Waals surface area contributed by atoms with Gasteiger partial charge in [-0.3, -0.25) is 9.36 Å². The summed E-state index contributed by atoms with van der Waals surface area (Å²) in [7, 11) is 0. The minimum Gasteiger partial charge on any atom is -0.272 e. The van der Waals surface area contributed by atoms with E-state index in [-0.39, 0.29) is 11.7 Å². The molecule has 0 aliphatic carbocycles. The molecule has 1 amide bonds. The van der Waals surface area contributed by atoms with Crippen LogP contribution in [0.3, 0.4) is 0 Å². The van der Waals surface area contributed by atoms with Crippen LogP contribution in [0.15, 0.2) is 89.1 Å². The van der Waals surface area contributed by atoms with Gasteiger partial charge in [-0.15, -0.1) is 10.2 Å². The Morgan fingerprint density at radius 1 is 1.00 bits per heavy atom. The number of rotatable bonds is 7. The smallest absolute Gasteiger partial charge is 0.250 e. The molecule has 0 unspecified atom stereocenters. The fourth-order valence-electron chi connectivity index (χ4n) is 3.13. The number of hydrazone groups is 1. The van der Waals surface area contributed by atoms with Crippen LogP contribution >= 0.6 is 23.4 Å². The van der Waals surface area contributed by atoms with E-state index in [2.05, 4.69) is 20.7 Å². The Bertz CT molecular complexity index is 1270. The average Bonchev–Trinajstić information content (AvgIpc) is 3.26. The van der Waals surface area contributed by atoms with Crippen LogP contribution in [-0.2, 0) is 4.79 Å². The van der Waals surface area contributed by atoms with E-state index in [9.17, 15) is 4.79 Å². The highest BCUT2D eigenvalue weighted by atomic mass is 35.5. The van der Waals surface area contributed by atoms with Crippen molar-refractivity contribution in [3.8, 4) is 17.1 Å². The molecule has 166 valence electrons. The summed E-state index contributed by atoms with van der Waals surface area (Å²) in [5.74, 6) is 0.642. The zero-order valence-electron chi connectivity index (χ0n) is 18.2. The largest absolute Gasteiger partial charge is 0.272 e. The highest BCUT2D eigenvalue weighted by molar-refractivity contribution is 7.99. The van der Waals surface area contributed by atoms with Crippen molar-refractivity contribution in [1.29, 1.82) is 0 Å². The Labute approximate surface area is 201 Å². The van der Waals surface area contributed by atoms with E-state index in [1.165, 1.54) is 11.8 Å². The fourth-order valence-corrected chi connectivity index (χ4v) is 4.00. The topological polar surface area (TPSA) is 72.2 Å². The van der Waals surface area contributed by atoms with Gasteiger partial charge < -0.3 is 0 Å². The van der Waals surface area contributed by atoms with E-state index in [1.807, 2.05) is 85.1 Å². The predicted molar refractivity (Wildman–Crippen MR) is 134 cm³/mol. The average molecular weight is 476 g/mol. The minimum atomic E-state index is -0.229. The number of amides is 1. The monoisotopic (exact) mass is 475 g/mol. The number of nitrogens with zero attached hydrogens (tertiary/aromatic N) is 4. The van der Waals surface area contributed by atoms with Gasteiger partial charge in [0.25, 0.3) is 5.91 Å². The lowest BCUT2D eigenvalue weighted by Crippen LogP contribution is -2.21. The van der Waals surface area contributed by atoms with E-state index in [4.69, 9.17) is 11.6 Å². The summed E-state index contributed by atoms with van der Waals surface area (Å²) in [5.41, 5.74) is 7.24. The summed E-state index contributed by atoms with van der Waals surface area (Å²) in [5, 5.41) is 14.2. The fraction of sp³-hybridized carbons (Fsp3) is 0.120. The number of aryl methyl sites for hydroxylation is 1. The molecule has 0 radical (unpaired) electrons. The molecule has 0 aliphatic heterocycles. The number of hydrogen-bond donors (Lipinski definition) is 1. The minimum absolute atomic E-state index is 0.149. The van der Waals surface area contributed by atoms with Gasteiger partial charge in [-0.25, -0.2) is 5.43 Å². The molecule has 4 aromatic rings. The van der Waals surface area contributed by atoms with Crippen molar-refractivity contribution in [3.05, 3.63) is 95.0 Å². The molecule has 0 spiro atoms. The van der Waals surface area contributed by atoms with Crippen LogP contribution in [0.25, 0.3) is 17.1 Å². The van der Waals surface area contributed by atoms with Gasteiger partial charge in [0, 0.05) is 16.3 Å². The van der Waals surface area contributed by atoms with E-state index in [0.29, 0.717) is 15.9 Å².